The number of carbonyl (C=O) groups is 1. The van der Waals surface area contributed by atoms with Crippen LogP contribution in [-0.4, -0.2) is 21.8 Å². The van der Waals surface area contributed by atoms with E-state index in [2.05, 4.69) is 26.1 Å². The number of hydrogen-bond donors (Lipinski definition) is 0. The summed E-state index contributed by atoms with van der Waals surface area (Å²) in [5, 5.41) is 8.25. The lowest BCUT2D eigenvalue weighted by Gasteiger charge is -2.18. The summed E-state index contributed by atoms with van der Waals surface area (Å²) in [6.07, 6.45) is 0. The van der Waals surface area contributed by atoms with Crippen LogP contribution in [0.1, 0.15) is 37.0 Å². The van der Waals surface area contributed by atoms with E-state index < -0.39 is 11.6 Å². The summed E-state index contributed by atoms with van der Waals surface area (Å²) in [6, 6.07) is 3.35. The van der Waals surface area contributed by atoms with Gasteiger partial charge in [0.05, 0.1) is 5.69 Å². The molecule has 0 N–H and O–H groups in total. The third kappa shape index (κ3) is 3.95. The average molecular weight is 273 g/mol. The van der Waals surface area contributed by atoms with Crippen LogP contribution >= 0.6 is 15.9 Å². The Morgan fingerprint density at radius 3 is 2.47 bits per heavy atom. The zero-order chi connectivity index (χ0) is 11.5. The molecule has 0 radical (unpaired) electrons. The van der Waals surface area contributed by atoms with Crippen LogP contribution in [0.25, 0.3) is 0 Å². The minimum Gasteiger partial charge on any atom is -0.455 e. The maximum absolute atomic E-state index is 11.5. The zero-order valence-corrected chi connectivity index (χ0v) is 10.5. The van der Waals surface area contributed by atoms with Gasteiger partial charge in [0, 0.05) is 5.33 Å². The Morgan fingerprint density at radius 2 is 2.07 bits per heavy atom. The maximum atomic E-state index is 11.5. The summed E-state index contributed by atoms with van der Waals surface area (Å²) in [5.74, 6) is -0.448. The van der Waals surface area contributed by atoms with Crippen molar-refractivity contribution in [3.8, 4) is 0 Å². The van der Waals surface area contributed by atoms with Crippen LogP contribution in [0.5, 0.6) is 0 Å². The molecule has 0 aliphatic carbocycles. The molecular weight excluding hydrogens is 260 g/mol. The molecule has 0 unspecified atom stereocenters. The second-order valence-electron chi connectivity index (χ2n) is 4.05. The van der Waals surface area contributed by atoms with E-state index in [4.69, 9.17) is 4.74 Å². The Hall–Kier alpha value is -0.970. The maximum Gasteiger partial charge on any atom is 0.359 e. The quantitative estimate of drug-likeness (QED) is 0.613. The number of carbonyl (C=O) groups excluding carboxylic acids is 1. The van der Waals surface area contributed by atoms with Gasteiger partial charge in [0.2, 0.25) is 0 Å². The van der Waals surface area contributed by atoms with Gasteiger partial charge in [0.25, 0.3) is 0 Å². The van der Waals surface area contributed by atoms with Crippen molar-refractivity contribution < 1.29 is 9.53 Å². The molecular formula is C10H13BrN2O2. The lowest BCUT2D eigenvalue weighted by atomic mass is 10.2. The summed E-state index contributed by atoms with van der Waals surface area (Å²) in [7, 11) is 0. The van der Waals surface area contributed by atoms with Gasteiger partial charge in [-0.15, -0.1) is 5.10 Å². The van der Waals surface area contributed by atoms with Crippen molar-refractivity contribution in [2.45, 2.75) is 31.7 Å². The van der Waals surface area contributed by atoms with E-state index in [1.165, 1.54) is 0 Å². The van der Waals surface area contributed by atoms with E-state index >= 15 is 0 Å². The van der Waals surface area contributed by atoms with E-state index in [9.17, 15) is 4.79 Å². The Labute approximate surface area is 97.2 Å². The molecule has 15 heavy (non-hydrogen) atoms. The molecule has 1 aromatic heterocycles. The van der Waals surface area contributed by atoms with E-state index in [0.717, 1.165) is 5.69 Å². The predicted octanol–water partition coefficient (Wildman–Crippen LogP) is 2.33. The molecule has 1 aromatic rings. The highest BCUT2D eigenvalue weighted by molar-refractivity contribution is 9.08. The van der Waals surface area contributed by atoms with Crippen molar-refractivity contribution in [1.29, 1.82) is 0 Å². The monoisotopic (exact) mass is 272 g/mol. The first-order valence-corrected chi connectivity index (χ1v) is 5.66. The van der Waals surface area contributed by atoms with Crippen LogP contribution in [0.4, 0.5) is 0 Å². The van der Waals surface area contributed by atoms with Crippen LogP contribution in [-0.2, 0) is 10.1 Å². The van der Waals surface area contributed by atoms with Crippen molar-refractivity contribution in [2.24, 2.45) is 0 Å². The number of nitrogens with zero attached hydrogens (tertiary/aromatic N) is 2. The lowest BCUT2D eigenvalue weighted by molar-refractivity contribution is 0.00616. The Balaban J connectivity index is 2.75. The second kappa shape index (κ2) is 4.70. The molecule has 0 atom stereocenters. The highest BCUT2D eigenvalue weighted by Crippen LogP contribution is 2.10. The molecule has 0 aliphatic rings. The van der Waals surface area contributed by atoms with Crippen LogP contribution in [0.15, 0.2) is 12.1 Å². The summed E-state index contributed by atoms with van der Waals surface area (Å²) >= 11 is 3.25. The summed E-state index contributed by atoms with van der Waals surface area (Å²) in [6.45, 7) is 5.43. The van der Waals surface area contributed by atoms with Crippen molar-refractivity contribution in [3.63, 3.8) is 0 Å². The number of aromatic nitrogens is 2. The number of alkyl halides is 1. The summed E-state index contributed by atoms with van der Waals surface area (Å²) < 4.78 is 5.14. The normalized spacial score (nSPS) is 11.2. The molecule has 0 aliphatic heterocycles. The fourth-order valence-electron chi connectivity index (χ4n) is 0.870. The van der Waals surface area contributed by atoms with E-state index in [1.54, 1.807) is 12.1 Å². The molecule has 1 rings (SSSR count). The van der Waals surface area contributed by atoms with E-state index in [0.29, 0.717) is 5.33 Å². The van der Waals surface area contributed by atoms with E-state index in [-0.39, 0.29) is 5.69 Å². The van der Waals surface area contributed by atoms with Crippen molar-refractivity contribution in [1.82, 2.24) is 10.2 Å². The average Bonchev–Trinajstić information content (AvgIpc) is 2.15. The number of ether oxygens (including phenoxy) is 1. The fraction of sp³-hybridized carbons (Fsp3) is 0.500. The van der Waals surface area contributed by atoms with Crippen LogP contribution in [0.2, 0.25) is 0 Å². The van der Waals surface area contributed by atoms with Gasteiger partial charge in [-0.2, -0.15) is 5.10 Å². The Bertz CT molecular complexity index is 343. The standard InChI is InChI=1S/C10H13BrN2O2/c1-10(2,3)15-9(14)8-5-4-7(6-11)12-13-8/h4-5H,6H2,1-3H3. The van der Waals surface area contributed by atoms with Gasteiger partial charge in [0.15, 0.2) is 5.69 Å². The van der Waals surface area contributed by atoms with E-state index in [1.807, 2.05) is 20.8 Å². The molecule has 0 aromatic carbocycles. The van der Waals surface area contributed by atoms with Gasteiger partial charge in [-0.05, 0) is 32.9 Å². The Morgan fingerprint density at radius 1 is 1.40 bits per heavy atom. The molecule has 82 valence electrons. The first kappa shape index (κ1) is 12.1. The highest BCUT2D eigenvalue weighted by Gasteiger charge is 2.18. The summed E-state index contributed by atoms with van der Waals surface area (Å²) in [4.78, 5) is 11.5. The topological polar surface area (TPSA) is 52.1 Å². The molecule has 0 saturated carbocycles. The molecule has 0 bridgehead atoms. The van der Waals surface area contributed by atoms with Crippen LogP contribution < -0.4 is 0 Å². The molecule has 0 fully saturated rings. The van der Waals surface area contributed by atoms with Gasteiger partial charge in [-0.25, -0.2) is 4.79 Å². The number of esters is 1. The largest absolute Gasteiger partial charge is 0.455 e. The Kier molecular flexibility index (Phi) is 3.79. The third-order valence-corrected chi connectivity index (χ3v) is 2.04. The molecule has 0 saturated heterocycles. The number of hydrogen-bond acceptors (Lipinski definition) is 4. The van der Waals surface area contributed by atoms with Crippen molar-refractivity contribution in [3.05, 3.63) is 23.5 Å². The smallest absolute Gasteiger partial charge is 0.359 e. The van der Waals surface area contributed by atoms with Gasteiger partial charge in [-0.1, -0.05) is 15.9 Å². The molecule has 4 nitrogen and oxygen atoms in total. The van der Waals surface area contributed by atoms with Gasteiger partial charge >= 0.3 is 5.97 Å². The van der Waals surface area contributed by atoms with Crippen LogP contribution in [0.3, 0.4) is 0 Å². The number of halogens is 1. The van der Waals surface area contributed by atoms with Crippen molar-refractivity contribution in [2.75, 3.05) is 0 Å². The molecule has 1 heterocycles. The molecule has 0 amide bonds. The van der Waals surface area contributed by atoms with Gasteiger partial charge in [0.1, 0.15) is 5.60 Å². The highest BCUT2D eigenvalue weighted by atomic mass is 79.9. The fourth-order valence-corrected chi connectivity index (χ4v) is 1.17. The SMILES string of the molecule is CC(C)(C)OC(=O)c1ccc(CBr)nn1. The van der Waals surface area contributed by atoms with Gasteiger partial charge in [-0.3, -0.25) is 0 Å². The van der Waals surface area contributed by atoms with Gasteiger partial charge < -0.3 is 4.74 Å². The first-order valence-electron chi connectivity index (χ1n) is 4.54. The predicted molar refractivity (Wildman–Crippen MR) is 59.8 cm³/mol. The zero-order valence-electron chi connectivity index (χ0n) is 8.95. The molecule has 5 heteroatoms. The van der Waals surface area contributed by atoms with Crippen molar-refractivity contribution >= 4 is 21.9 Å². The lowest BCUT2D eigenvalue weighted by Crippen LogP contribution is -2.24. The number of rotatable bonds is 2. The minimum atomic E-state index is -0.507. The first-order chi connectivity index (χ1) is 6.92. The minimum absolute atomic E-state index is 0.231. The third-order valence-electron chi connectivity index (χ3n) is 1.46. The van der Waals surface area contributed by atoms with Crippen LogP contribution in [0, 0.1) is 0 Å². The molecule has 0 spiro atoms. The second-order valence-corrected chi connectivity index (χ2v) is 4.61. The summed E-state index contributed by atoms with van der Waals surface area (Å²) in [5.41, 5.74) is 0.504.